The maximum absolute atomic E-state index is 13.2. The lowest BCUT2D eigenvalue weighted by atomic mass is 10.1. The van der Waals surface area contributed by atoms with Crippen LogP contribution < -0.4 is 0 Å². The fraction of sp³-hybridized carbons (Fsp3) is 0. The topological polar surface area (TPSA) is 39.6 Å². The van der Waals surface area contributed by atoms with Gasteiger partial charge in [0.25, 0.3) is 0 Å². The number of hydrogen-bond acceptors (Lipinski definition) is 2. The average molecular weight is 242 g/mol. The van der Waals surface area contributed by atoms with Crippen LogP contribution in [0.1, 0.15) is 5.56 Å². The number of nitrogens with one attached hydrogen (secondary N) is 1. The lowest BCUT2D eigenvalue weighted by molar-refractivity contribution is 0.629. The summed E-state index contributed by atoms with van der Waals surface area (Å²) in [5.74, 6) is -0.328. The third-order valence-electron chi connectivity index (χ3n) is 2.64. The summed E-state index contributed by atoms with van der Waals surface area (Å²) in [6.45, 7) is 0. The zero-order chi connectivity index (χ0) is 11.8. The van der Waals surface area contributed by atoms with Gasteiger partial charge in [-0.3, -0.25) is 0 Å². The number of H-pyrrole nitrogens is 1. The van der Waals surface area contributed by atoms with Crippen molar-refractivity contribution in [1.29, 1.82) is 5.26 Å². The summed E-state index contributed by atoms with van der Waals surface area (Å²) in [5, 5.41) is 11.8. The predicted molar refractivity (Wildman–Crippen MR) is 66.3 cm³/mol. The van der Waals surface area contributed by atoms with E-state index in [4.69, 9.17) is 0 Å². The second-order valence-electron chi connectivity index (χ2n) is 3.65. The van der Waals surface area contributed by atoms with Crippen molar-refractivity contribution in [3.63, 3.8) is 0 Å². The zero-order valence-electron chi connectivity index (χ0n) is 8.70. The summed E-state index contributed by atoms with van der Waals surface area (Å²) in [4.78, 5) is 4.15. The van der Waals surface area contributed by atoms with Crippen LogP contribution in [-0.2, 0) is 0 Å². The van der Waals surface area contributed by atoms with Crippen molar-refractivity contribution in [2.24, 2.45) is 0 Å². The van der Waals surface area contributed by atoms with E-state index in [1.54, 1.807) is 17.4 Å². The van der Waals surface area contributed by atoms with Gasteiger partial charge in [-0.05, 0) is 29.6 Å². The van der Waals surface area contributed by atoms with E-state index >= 15 is 0 Å². The van der Waals surface area contributed by atoms with Crippen LogP contribution in [0.3, 0.4) is 0 Å². The Balaban J connectivity index is 2.37. The lowest BCUT2D eigenvalue weighted by Gasteiger charge is -1.92. The van der Waals surface area contributed by atoms with Gasteiger partial charge in [0.1, 0.15) is 11.9 Å². The molecule has 1 N–H and O–H groups in total. The highest BCUT2D eigenvalue weighted by atomic mass is 32.1. The van der Waals surface area contributed by atoms with Gasteiger partial charge in [0, 0.05) is 10.9 Å². The largest absolute Gasteiger partial charge is 0.353 e. The Bertz CT molecular complexity index is 720. The van der Waals surface area contributed by atoms with E-state index in [1.165, 1.54) is 12.1 Å². The molecule has 17 heavy (non-hydrogen) atoms. The van der Waals surface area contributed by atoms with Gasteiger partial charge in [-0.2, -0.15) is 5.26 Å². The van der Waals surface area contributed by atoms with E-state index in [2.05, 4.69) is 11.1 Å². The molecule has 3 aromatic rings. The molecule has 0 unspecified atom stereocenters. The van der Waals surface area contributed by atoms with Crippen molar-refractivity contribution in [2.45, 2.75) is 0 Å². The average Bonchev–Trinajstić information content (AvgIpc) is 2.94. The molecule has 0 fully saturated rings. The Hall–Kier alpha value is -2.12. The first kappa shape index (κ1) is 10.1. The molecule has 0 radical (unpaired) electrons. The minimum Gasteiger partial charge on any atom is -0.353 e. The molecular weight excluding hydrogens is 235 g/mol. The van der Waals surface area contributed by atoms with E-state index in [9.17, 15) is 9.65 Å². The van der Waals surface area contributed by atoms with Gasteiger partial charge in [-0.25, -0.2) is 4.39 Å². The van der Waals surface area contributed by atoms with Crippen LogP contribution >= 0.6 is 11.3 Å². The van der Waals surface area contributed by atoms with Gasteiger partial charge in [-0.15, -0.1) is 11.3 Å². The first-order chi connectivity index (χ1) is 8.29. The number of aromatic amines is 1. The van der Waals surface area contributed by atoms with Gasteiger partial charge in [0.15, 0.2) is 0 Å². The van der Waals surface area contributed by atoms with E-state index in [-0.39, 0.29) is 5.82 Å². The second-order valence-corrected chi connectivity index (χ2v) is 4.60. The number of nitriles is 1. The maximum Gasteiger partial charge on any atom is 0.124 e. The van der Waals surface area contributed by atoms with Crippen LogP contribution in [0.25, 0.3) is 21.5 Å². The number of rotatable bonds is 1. The van der Waals surface area contributed by atoms with Gasteiger partial charge < -0.3 is 4.98 Å². The van der Waals surface area contributed by atoms with Crippen LogP contribution in [0.15, 0.2) is 35.7 Å². The fourth-order valence-corrected chi connectivity index (χ4v) is 2.62. The predicted octanol–water partition coefficient (Wildman–Crippen LogP) is 3.91. The highest BCUT2D eigenvalue weighted by Crippen LogP contribution is 2.32. The highest BCUT2D eigenvalue weighted by Gasteiger charge is 2.13. The summed E-state index contributed by atoms with van der Waals surface area (Å²) in [6, 6.07) is 10.4. The number of thiophene rings is 1. The summed E-state index contributed by atoms with van der Waals surface area (Å²) in [5.41, 5.74) is 2.05. The fourth-order valence-electron chi connectivity index (χ4n) is 1.89. The van der Waals surface area contributed by atoms with Crippen molar-refractivity contribution in [2.75, 3.05) is 0 Å². The minimum absolute atomic E-state index is 0.328. The van der Waals surface area contributed by atoms with Crippen LogP contribution in [0.4, 0.5) is 4.39 Å². The summed E-state index contributed by atoms with van der Waals surface area (Å²) in [6.07, 6.45) is 0. The number of aromatic nitrogens is 1. The SMILES string of the molecule is N#Cc1c(-c2cccs2)[nH]c2ccc(F)cc12. The van der Waals surface area contributed by atoms with Crippen LogP contribution in [-0.4, -0.2) is 4.98 Å². The summed E-state index contributed by atoms with van der Waals surface area (Å²) < 4.78 is 13.2. The van der Waals surface area contributed by atoms with Gasteiger partial charge in [0.05, 0.1) is 16.1 Å². The van der Waals surface area contributed by atoms with Crippen molar-refractivity contribution in [3.05, 3.63) is 47.1 Å². The third-order valence-corrected chi connectivity index (χ3v) is 3.53. The number of fused-ring (bicyclic) bond motifs is 1. The molecule has 0 saturated heterocycles. The normalized spacial score (nSPS) is 10.6. The van der Waals surface area contributed by atoms with Crippen LogP contribution in [0.2, 0.25) is 0 Å². The lowest BCUT2D eigenvalue weighted by Crippen LogP contribution is -1.76. The molecule has 1 aromatic carbocycles. The Labute approximate surface area is 101 Å². The third kappa shape index (κ3) is 1.52. The molecule has 0 aliphatic carbocycles. The molecule has 3 rings (SSSR count). The minimum atomic E-state index is -0.328. The maximum atomic E-state index is 13.2. The molecule has 0 aliphatic heterocycles. The highest BCUT2D eigenvalue weighted by molar-refractivity contribution is 7.13. The van der Waals surface area contributed by atoms with Gasteiger partial charge >= 0.3 is 0 Å². The van der Waals surface area contributed by atoms with Crippen molar-refractivity contribution in [1.82, 2.24) is 4.98 Å². The molecule has 82 valence electrons. The number of hydrogen-bond donors (Lipinski definition) is 1. The van der Waals surface area contributed by atoms with Crippen LogP contribution in [0, 0.1) is 17.1 Å². The smallest absolute Gasteiger partial charge is 0.124 e. The molecule has 2 heterocycles. The van der Waals surface area contributed by atoms with Crippen molar-refractivity contribution in [3.8, 4) is 16.6 Å². The molecule has 0 amide bonds. The molecule has 2 aromatic heterocycles. The first-order valence-corrected chi connectivity index (χ1v) is 5.93. The Morgan fingerprint density at radius 3 is 2.88 bits per heavy atom. The first-order valence-electron chi connectivity index (χ1n) is 5.05. The summed E-state index contributed by atoms with van der Waals surface area (Å²) >= 11 is 1.55. The Kier molecular flexibility index (Phi) is 2.20. The molecule has 2 nitrogen and oxygen atoms in total. The standard InChI is InChI=1S/C13H7FN2S/c14-8-3-4-11-9(6-8)10(7-15)13(16-11)12-2-1-5-17-12/h1-6,16H. The van der Waals surface area contributed by atoms with E-state index in [0.29, 0.717) is 10.9 Å². The van der Waals surface area contributed by atoms with Crippen molar-refractivity contribution < 1.29 is 4.39 Å². The molecule has 0 aliphatic rings. The number of nitrogens with zero attached hydrogens (tertiary/aromatic N) is 1. The molecule has 0 bridgehead atoms. The zero-order valence-corrected chi connectivity index (χ0v) is 9.51. The van der Waals surface area contributed by atoms with Crippen molar-refractivity contribution >= 4 is 22.2 Å². The van der Waals surface area contributed by atoms with E-state index in [0.717, 1.165) is 16.1 Å². The van der Waals surface area contributed by atoms with Gasteiger partial charge in [-0.1, -0.05) is 6.07 Å². The quantitative estimate of drug-likeness (QED) is 0.690. The molecular formula is C13H7FN2S. The second kappa shape index (κ2) is 3.72. The van der Waals surface area contributed by atoms with Crippen LogP contribution in [0.5, 0.6) is 0 Å². The molecule has 0 atom stereocenters. The molecule has 0 saturated carbocycles. The Morgan fingerprint density at radius 1 is 1.29 bits per heavy atom. The molecule has 4 heteroatoms. The molecule has 0 spiro atoms. The van der Waals surface area contributed by atoms with E-state index in [1.807, 2.05) is 17.5 Å². The number of halogens is 1. The van der Waals surface area contributed by atoms with E-state index < -0.39 is 0 Å². The summed E-state index contributed by atoms with van der Waals surface area (Å²) in [7, 11) is 0. The van der Waals surface area contributed by atoms with Gasteiger partial charge in [0.2, 0.25) is 0 Å². The Morgan fingerprint density at radius 2 is 2.18 bits per heavy atom. The monoisotopic (exact) mass is 242 g/mol. The number of benzene rings is 1.